The molecule has 0 radical (unpaired) electrons. The first kappa shape index (κ1) is 13.9. The molecule has 7 heteroatoms. The van der Waals surface area contributed by atoms with E-state index in [0.717, 1.165) is 0 Å². The molecular weight excluding hydrogens is 286 g/mol. The molecule has 22 heavy (non-hydrogen) atoms. The van der Waals surface area contributed by atoms with Gasteiger partial charge in [-0.2, -0.15) is 10.5 Å². The lowest BCUT2D eigenvalue weighted by Crippen LogP contribution is -2.31. The summed E-state index contributed by atoms with van der Waals surface area (Å²) in [4.78, 5) is 24.1. The first-order chi connectivity index (χ1) is 10.5. The third kappa shape index (κ3) is 1.24. The summed E-state index contributed by atoms with van der Waals surface area (Å²) in [5.41, 5.74) is -2.82. The Balaban J connectivity index is 2.15. The molecule has 1 aliphatic heterocycles. The van der Waals surface area contributed by atoms with E-state index >= 15 is 0 Å². The molecule has 110 valence electrons. The van der Waals surface area contributed by atoms with Crippen LogP contribution >= 0.6 is 0 Å². The third-order valence-electron chi connectivity index (χ3n) is 4.44. The molecule has 2 fully saturated rings. The number of nitriles is 2. The summed E-state index contributed by atoms with van der Waals surface area (Å²) >= 11 is 0. The summed E-state index contributed by atoms with van der Waals surface area (Å²) in [5.74, 6) is -1.37. The van der Waals surface area contributed by atoms with E-state index in [1.807, 2.05) is 12.1 Å². The molecule has 0 aromatic heterocycles. The number of imide groups is 1. The van der Waals surface area contributed by atoms with Crippen LogP contribution in [0.3, 0.4) is 0 Å². The zero-order valence-electron chi connectivity index (χ0n) is 11.8. The van der Waals surface area contributed by atoms with Gasteiger partial charge in [0.05, 0.1) is 26.4 Å². The van der Waals surface area contributed by atoms with E-state index in [1.54, 1.807) is 18.2 Å². The fourth-order valence-corrected chi connectivity index (χ4v) is 3.33. The van der Waals surface area contributed by atoms with E-state index < -0.39 is 28.6 Å². The van der Waals surface area contributed by atoms with Crippen molar-refractivity contribution in [3.8, 4) is 23.6 Å². The number of nitrogens with zero attached hydrogens (tertiary/aromatic N) is 2. The highest BCUT2D eigenvalue weighted by atomic mass is 16.5. The Morgan fingerprint density at radius 2 is 1.59 bits per heavy atom. The highest BCUT2D eigenvalue weighted by molar-refractivity contribution is 6.19. The molecule has 1 heterocycles. The lowest BCUT2D eigenvalue weighted by Gasteiger charge is -2.12. The van der Waals surface area contributed by atoms with Crippen LogP contribution in [-0.2, 0) is 9.59 Å². The van der Waals surface area contributed by atoms with E-state index in [2.05, 4.69) is 5.32 Å². The molecule has 0 bridgehead atoms. The second kappa shape index (κ2) is 4.22. The van der Waals surface area contributed by atoms with Crippen LogP contribution in [0.1, 0.15) is 11.5 Å². The SMILES string of the molecule is COc1ccc(C2[C@]3(C#N)C(=O)NC(=O)[C@@]23C#N)cc1OC. The van der Waals surface area contributed by atoms with Crippen molar-refractivity contribution in [2.75, 3.05) is 14.2 Å². The number of piperidine rings is 1. The number of ether oxygens (including phenoxy) is 2. The zero-order chi connectivity index (χ0) is 16.1. The summed E-state index contributed by atoms with van der Waals surface area (Å²) < 4.78 is 10.3. The number of benzene rings is 1. The molecule has 7 nitrogen and oxygen atoms in total. The summed E-state index contributed by atoms with van der Waals surface area (Å²) in [7, 11) is 2.93. The average Bonchev–Trinajstić information content (AvgIpc) is 3.11. The zero-order valence-corrected chi connectivity index (χ0v) is 11.8. The summed E-state index contributed by atoms with van der Waals surface area (Å²) in [6.07, 6.45) is 0. The summed E-state index contributed by atoms with van der Waals surface area (Å²) in [6.45, 7) is 0. The maximum Gasteiger partial charge on any atom is 0.250 e. The molecule has 2 aliphatic rings. The summed E-state index contributed by atoms with van der Waals surface area (Å²) in [6, 6.07) is 8.57. The minimum absolute atomic E-state index is 0.402. The molecule has 1 saturated heterocycles. The number of hydrogen-bond donors (Lipinski definition) is 1. The predicted octanol–water partition coefficient (Wildman–Crippen LogP) is 0.477. The fourth-order valence-electron chi connectivity index (χ4n) is 3.33. The number of methoxy groups -OCH3 is 2. The first-order valence-corrected chi connectivity index (χ1v) is 6.43. The minimum Gasteiger partial charge on any atom is -0.493 e. The van der Waals surface area contributed by atoms with E-state index in [-0.39, 0.29) is 0 Å². The quantitative estimate of drug-likeness (QED) is 0.812. The first-order valence-electron chi connectivity index (χ1n) is 6.43. The number of carbonyl (C=O) groups is 2. The highest BCUT2D eigenvalue weighted by Gasteiger charge is 2.90. The highest BCUT2D eigenvalue weighted by Crippen LogP contribution is 2.76. The van der Waals surface area contributed by atoms with E-state index in [1.165, 1.54) is 14.2 Å². The Hall–Kier alpha value is -3.06. The van der Waals surface area contributed by atoms with Crippen LogP contribution in [0.5, 0.6) is 11.5 Å². The molecule has 1 aliphatic carbocycles. The molecule has 3 rings (SSSR count). The van der Waals surface area contributed by atoms with Crippen molar-refractivity contribution >= 4 is 11.8 Å². The van der Waals surface area contributed by atoms with Crippen molar-refractivity contribution in [1.29, 1.82) is 10.5 Å². The Labute approximate surface area is 126 Å². The van der Waals surface area contributed by atoms with Crippen LogP contribution in [0.15, 0.2) is 18.2 Å². The van der Waals surface area contributed by atoms with E-state index in [0.29, 0.717) is 17.1 Å². The Bertz CT molecular complexity index is 753. The number of hydrogen-bond acceptors (Lipinski definition) is 6. The molecule has 1 saturated carbocycles. The van der Waals surface area contributed by atoms with Crippen LogP contribution in [0, 0.1) is 33.5 Å². The third-order valence-corrected chi connectivity index (χ3v) is 4.44. The van der Waals surface area contributed by atoms with Gasteiger partial charge in [0.1, 0.15) is 0 Å². The molecule has 0 spiro atoms. The number of fused-ring (bicyclic) bond motifs is 1. The monoisotopic (exact) mass is 297 g/mol. The number of rotatable bonds is 3. The fraction of sp³-hybridized carbons (Fsp3) is 0.333. The minimum atomic E-state index is -1.67. The second-order valence-corrected chi connectivity index (χ2v) is 5.17. The van der Waals surface area contributed by atoms with E-state index in [4.69, 9.17) is 9.47 Å². The molecule has 1 aromatic rings. The molecular formula is C15H11N3O4. The van der Waals surface area contributed by atoms with Gasteiger partial charge in [-0.3, -0.25) is 14.9 Å². The lowest BCUT2D eigenvalue weighted by molar-refractivity contribution is -0.128. The van der Waals surface area contributed by atoms with Crippen LogP contribution in [0.4, 0.5) is 0 Å². The number of amides is 2. The van der Waals surface area contributed by atoms with Gasteiger partial charge in [0.25, 0.3) is 0 Å². The summed E-state index contributed by atoms with van der Waals surface area (Å²) in [5, 5.41) is 21.0. The Morgan fingerprint density at radius 1 is 1.05 bits per heavy atom. The topological polar surface area (TPSA) is 112 Å². The van der Waals surface area contributed by atoms with Gasteiger partial charge in [-0.05, 0) is 17.7 Å². The van der Waals surface area contributed by atoms with Crippen molar-refractivity contribution in [3.63, 3.8) is 0 Å². The van der Waals surface area contributed by atoms with Crippen molar-refractivity contribution < 1.29 is 19.1 Å². The molecule has 0 unspecified atom stereocenters. The molecule has 2 amide bonds. The second-order valence-electron chi connectivity index (χ2n) is 5.17. The lowest BCUT2D eigenvalue weighted by atomic mass is 9.98. The average molecular weight is 297 g/mol. The largest absolute Gasteiger partial charge is 0.493 e. The standard InChI is InChI=1S/C15H11N3O4/c1-21-9-4-3-8(5-10(9)22-2)11-14(6-16)12(19)18-13(20)15(11,14)7-17/h3-5,11H,1-2H3,(H,18,19,20)/t14-,15-/m1/s1. The van der Waals surface area contributed by atoms with Crippen molar-refractivity contribution in [1.82, 2.24) is 5.32 Å². The number of nitrogens with one attached hydrogen (secondary N) is 1. The Kier molecular flexibility index (Phi) is 2.66. The number of carbonyl (C=O) groups excluding carboxylic acids is 2. The molecule has 1 aromatic carbocycles. The van der Waals surface area contributed by atoms with Gasteiger partial charge < -0.3 is 9.47 Å². The van der Waals surface area contributed by atoms with Crippen LogP contribution in [0.2, 0.25) is 0 Å². The van der Waals surface area contributed by atoms with Gasteiger partial charge >= 0.3 is 0 Å². The maximum absolute atomic E-state index is 12.0. The van der Waals surface area contributed by atoms with Gasteiger partial charge in [0.15, 0.2) is 22.3 Å². The van der Waals surface area contributed by atoms with Crippen LogP contribution < -0.4 is 14.8 Å². The van der Waals surface area contributed by atoms with Crippen molar-refractivity contribution in [2.24, 2.45) is 10.8 Å². The van der Waals surface area contributed by atoms with Gasteiger partial charge in [-0.1, -0.05) is 6.07 Å². The Morgan fingerprint density at radius 3 is 2.05 bits per heavy atom. The van der Waals surface area contributed by atoms with Gasteiger partial charge in [0.2, 0.25) is 11.8 Å². The normalized spacial score (nSPS) is 31.5. The predicted molar refractivity (Wildman–Crippen MR) is 71.5 cm³/mol. The van der Waals surface area contributed by atoms with Gasteiger partial charge in [-0.25, -0.2) is 0 Å². The molecule has 1 N–H and O–H groups in total. The van der Waals surface area contributed by atoms with Gasteiger partial charge in [0, 0.05) is 5.92 Å². The molecule has 2 atom stereocenters. The van der Waals surface area contributed by atoms with Crippen molar-refractivity contribution in [2.45, 2.75) is 5.92 Å². The smallest absolute Gasteiger partial charge is 0.250 e. The van der Waals surface area contributed by atoms with Crippen LogP contribution in [0.25, 0.3) is 0 Å². The van der Waals surface area contributed by atoms with Gasteiger partial charge in [-0.15, -0.1) is 0 Å². The maximum atomic E-state index is 12.0. The van der Waals surface area contributed by atoms with Crippen molar-refractivity contribution in [3.05, 3.63) is 23.8 Å². The van der Waals surface area contributed by atoms with E-state index in [9.17, 15) is 20.1 Å². The van der Waals surface area contributed by atoms with Crippen LogP contribution in [-0.4, -0.2) is 26.0 Å².